The Morgan fingerprint density at radius 2 is 2.06 bits per heavy atom. The number of carbonyl (C=O) groups excluding carboxylic acids is 1. The van der Waals surface area contributed by atoms with Gasteiger partial charge in [0.05, 0.1) is 0 Å². The normalized spacial score (nSPS) is 23.6. The molecule has 0 aromatic carbocycles. The molecular formula is C11H14ClN3O3. The first-order valence-corrected chi connectivity index (χ1v) is 6.28. The number of halogens is 1. The Hall–Kier alpha value is -1.56. The second-order valence-corrected chi connectivity index (χ2v) is 5.05. The van der Waals surface area contributed by atoms with Crippen LogP contribution in [0, 0.1) is 10.1 Å². The van der Waals surface area contributed by atoms with E-state index in [1.807, 2.05) is 0 Å². The smallest absolute Gasteiger partial charge is 0.321 e. The van der Waals surface area contributed by atoms with Crippen molar-refractivity contribution >= 4 is 23.3 Å². The SMILES string of the molecule is O=C(NC1CCC(Cl)CC1)c1ccc([N+](=O)[O-])[nH]1. The zero-order valence-corrected chi connectivity index (χ0v) is 10.4. The van der Waals surface area contributed by atoms with Crippen LogP contribution in [0.4, 0.5) is 5.82 Å². The molecule has 0 aliphatic heterocycles. The van der Waals surface area contributed by atoms with E-state index < -0.39 is 4.92 Å². The van der Waals surface area contributed by atoms with Crippen molar-refractivity contribution in [3.63, 3.8) is 0 Å². The van der Waals surface area contributed by atoms with E-state index in [4.69, 9.17) is 11.6 Å². The Morgan fingerprint density at radius 3 is 2.61 bits per heavy atom. The molecule has 6 nitrogen and oxygen atoms in total. The first kappa shape index (κ1) is 12.9. The molecule has 1 aromatic heterocycles. The first-order valence-electron chi connectivity index (χ1n) is 5.84. The quantitative estimate of drug-likeness (QED) is 0.502. The monoisotopic (exact) mass is 271 g/mol. The van der Waals surface area contributed by atoms with Gasteiger partial charge in [-0.2, -0.15) is 0 Å². The number of rotatable bonds is 3. The van der Waals surface area contributed by atoms with Gasteiger partial charge in [-0.25, -0.2) is 4.98 Å². The molecule has 1 heterocycles. The second kappa shape index (κ2) is 5.39. The predicted molar refractivity (Wildman–Crippen MR) is 66.8 cm³/mol. The number of aromatic nitrogens is 1. The Balaban J connectivity index is 1.93. The maximum atomic E-state index is 11.8. The number of nitro groups is 1. The standard InChI is InChI=1S/C11H14ClN3O3/c12-7-1-3-8(4-2-7)13-11(16)9-5-6-10(14-9)15(17)18/h5-8,14H,1-4H2,(H,13,16). The molecule has 2 N–H and O–H groups in total. The zero-order chi connectivity index (χ0) is 13.1. The molecule has 0 atom stereocenters. The Labute approximate surface area is 109 Å². The van der Waals surface area contributed by atoms with Crippen LogP contribution >= 0.6 is 11.6 Å². The highest BCUT2D eigenvalue weighted by atomic mass is 35.5. The van der Waals surface area contributed by atoms with E-state index >= 15 is 0 Å². The van der Waals surface area contributed by atoms with Crippen LogP contribution in [0.1, 0.15) is 36.2 Å². The summed E-state index contributed by atoms with van der Waals surface area (Å²) in [5.41, 5.74) is 0.217. The van der Waals surface area contributed by atoms with Crippen molar-refractivity contribution in [2.45, 2.75) is 37.1 Å². The van der Waals surface area contributed by atoms with Gasteiger partial charge in [0, 0.05) is 17.5 Å². The van der Waals surface area contributed by atoms with Crippen molar-refractivity contribution in [1.29, 1.82) is 0 Å². The van der Waals surface area contributed by atoms with Crippen molar-refractivity contribution in [3.05, 3.63) is 27.9 Å². The Kier molecular flexibility index (Phi) is 3.86. The van der Waals surface area contributed by atoms with Crippen LogP contribution in [0.5, 0.6) is 0 Å². The van der Waals surface area contributed by atoms with E-state index in [-0.39, 0.29) is 28.8 Å². The van der Waals surface area contributed by atoms with E-state index in [9.17, 15) is 14.9 Å². The minimum Gasteiger partial charge on any atom is -0.358 e. The van der Waals surface area contributed by atoms with E-state index in [0.29, 0.717) is 0 Å². The molecule has 7 heteroatoms. The first-order chi connectivity index (χ1) is 8.56. The van der Waals surface area contributed by atoms with Crippen molar-refractivity contribution in [2.75, 3.05) is 0 Å². The average molecular weight is 272 g/mol. The van der Waals surface area contributed by atoms with Gasteiger partial charge in [-0.15, -0.1) is 11.6 Å². The highest BCUT2D eigenvalue weighted by Crippen LogP contribution is 2.23. The molecule has 98 valence electrons. The van der Waals surface area contributed by atoms with Gasteiger partial charge in [0.2, 0.25) is 0 Å². The van der Waals surface area contributed by atoms with Gasteiger partial charge in [-0.1, -0.05) is 0 Å². The summed E-state index contributed by atoms with van der Waals surface area (Å²) in [6, 6.07) is 2.81. The third kappa shape index (κ3) is 3.01. The number of nitrogens with one attached hydrogen (secondary N) is 2. The third-order valence-corrected chi connectivity index (χ3v) is 3.54. The van der Waals surface area contributed by atoms with Gasteiger partial charge < -0.3 is 15.4 Å². The number of amides is 1. The van der Waals surface area contributed by atoms with Crippen molar-refractivity contribution in [3.8, 4) is 0 Å². The van der Waals surface area contributed by atoms with Gasteiger partial charge in [-0.3, -0.25) is 4.79 Å². The Bertz CT molecular complexity index is 452. The summed E-state index contributed by atoms with van der Waals surface area (Å²) < 4.78 is 0. The molecule has 1 aliphatic rings. The predicted octanol–water partition coefficient (Wildman–Crippen LogP) is 2.20. The van der Waals surface area contributed by atoms with E-state index in [1.54, 1.807) is 0 Å². The van der Waals surface area contributed by atoms with E-state index in [2.05, 4.69) is 10.3 Å². The lowest BCUT2D eigenvalue weighted by molar-refractivity contribution is -0.389. The van der Waals surface area contributed by atoms with Crippen molar-refractivity contribution in [1.82, 2.24) is 10.3 Å². The van der Waals surface area contributed by atoms with Crippen LogP contribution in [0.2, 0.25) is 0 Å². The maximum absolute atomic E-state index is 11.8. The highest BCUT2D eigenvalue weighted by Gasteiger charge is 2.23. The fourth-order valence-corrected chi connectivity index (χ4v) is 2.33. The fraction of sp³-hybridized carbons (Fsp3) is 0.545. The van der Waals surface area contributed by atoms with E-state index in [0.717, 1.165) is 25.7 Å². The minimum atomic E-state index is -0.560. The van der Waals surface area contributed by atoms with Crippen LogP contribution in [0.15, 0.2) is 12.1 Å². The second-order valence-electron chi connectivity index (χ2n) is 4.44. The number of carbonyl (C=O) groups is 1. The van der Waals surface area contributed by atoms with Crippen LogP contribution in [-0.2, 0) is 0 Å². The summed E-state index contributed by atoms with van der Waals surface area (Å²) in [5, 5.41) is 13.5. The van der Waals surface area contributed by atoms with Crippen LogP contribution in [0.3, 0.4) is 0 Å². The summed E-state index contributed by atoms with van der Waals surface area (Å²) in [6.45, 7) is 0. The number of nitrogens with zero attached hydrogens (tertiary/aromatic N) is 1. The van der Waals surface area contributed by atoms with Crippen LogP contribution in [-0.4, -0.2) is 27.2 Å². The fourth-order valence-electron chi connectivity index (χ4n) is 2.08. The Morgan fingerprint density at radius 1 is 1.39 bits per heavy atom. The zero-order valence-electron chi connectivity index (χ0n) is 9.69. The molecule has 1 fully saturated rings. The van der Waals surface area contributed by atoms with Gasteiger partial charge in [0.1, 0.15) is 0 Å². The molecule has 0 spiro atoms. The average Bonchev–Trinajstić information content (AvgIpc) is 2.81. The summed E-state index contributed by atoms with van der Waals surface area (Å²) in [5.74, 6) is -0.481. The highest BCUT2D eigenvalue weighted by molar-refractivity contribution is 6.20. The summed E-state index contributed by atoms with van der Waals surface area (Å²) in [6.07, 6.45) is 3.47. The molecular weight excluding hydrogens is 258 g/mol. The van der Waals surface area contributed by atoms with Gasteiger partial charge in [-0.05, 0) is 36.7 Å². The number of aromatic amines is 1. The lowest BCUT2D eigenvalue weighted by atomic mass is 9.95. The lowest BCUT2D eigenvalue weighted by Gasteiger charge is -2.25. The third-order valence-electron chi connectivity index (χ3n) is 3.10. The summed E-state index contributed by atoms with van der Waals surface area (Å²) >= 11 is 5.98. The number of H-pyrrole nitrogens is 1. The summed E-state index contributed by atoms with van der Waals surface area (Å²) in [7, 11) is 0. The summed E-state index contributed by atoms with van der Waals surface area (Å²) in [4.78, 5) is 24.2. The topological polar surface area (TPSA) is 88.0 Å². The van der Waals surface area contributed by atoms with Gasteiger partial charge in [0.25, 0.3) is 5.91 Å². The van der Waals surface area contributed by atoms with E-state index in [1.165, 1.54) is 12.1 Å². The molecule has 18 heavy (non-hydrogen) atoms. The molecule has 1 aromatic rings. The lowest BCUT2D eigenvalue weighted by Crippen LogP contribution is -2.37. The maximum Gasteiger partial charge on any atom is 0.321 e. The van der Waals surface area contributed by atoms with Crippen LogP contribution in [0.25, 0.3) is 0 Å². The molecule has 1 aliphatic carbocycles. The molecule has 1 amide bonds. The number of hydrogen-bond donors (Lipinski definition) is 2. The van der Waals surface area contributed by atoms with Gasteiger partial charge >= 0.3 is 5.82 Å². The minimum absolute atomic E-state index is 0.106. The molecule has 2 rings (SSSR count). The van der Waals surface area contributed by atoms with Crippen LogP contribution < -0.4 is 5.32 Å². The molecule has 0 radical (unpaired) electrons. The molecule has 0 bridgehead atoms. The number of hydrogen-bond acceptors (Lipinski definition) is 3. The van der Waals surface area contributed by atoms with Crippen molar-refractivity contribution < 1.29 is 9.72 Å². The van der Waals surface area contributed by atoms with Crippen molar-refractivity contribution in [2.24, 2.45) is 0 Å². The largest absolute Gasteiger partial charge is 0.358 e. The number of alkyl halides is 1. The molecule has 0 saturated heterocycles. The van der Waals surface area contributed by atoms with Gasteiger partial charge in [0.15, 0.2) is 5.69 Å². The molecule has 1 saturated carbocycles. The molecule has 0 unspecified atom stereocenters.